The first-order valence-corrected chi connectivity index (χ1v) is 14.2. The summed E-state index contributed by atoms with van der Waals surface area (Å²) in [5.74, 6) is 0. The Morgan fingerprint density at radius 2 is 1.39 bits per heavy atom. The average Bonchev–Trinajstić information content (AvgIpc) is 3.04. The van der Waals surface area contributed by atoms with E-state index in [1.807, 2.05) is 36.4 Å². The summed E-state index contributed by atoms with van der Waals surface area (Å²) in [5, 5.41) is 3.58. The molecule has 0 amide bonds. The van der Waals surface area contributed by atoms with Gasteiger partial charge in [-0.3, -0.25) is 0 Å². The average molecular weight is 458 g/mol. The van der Waals surface area contributed by atoms with Gasteiger partial charge in [-0.05, 0) is 29.3 Å². The van der Waals surface area contributed by atoms with Crippen molar-refractivity contribution in [2.45, 2.75) is 70.4 Å². The Kier molecular flexibility index (Phi) is 8.05. The summed E-state index contributed by atoms with van der Waals surface area (Å²) in [6.07, 6.45) is -0.506. The Labute approximate surface area is 193 Å². The predicted octanol–water partition coefficient (Wildman–Crippen LogP) is 5.48. The van der Waals surface area contributed by atoms with Crippen molar-refractivity contribution in [1.82, 2.24) is 5.32 Å². The van der Waals surface area contributed by atoms with E-state index in [1.54, 1.807) is 0 Å². The fraction of sp³-hybridized carbons (Fsp3) is 0.480. The van der Waals surface area contributed by atoms with Crippen LogP contribution in [-0.4, -0.2) is 38.2 Å². The van der Waals surface area contributed by atoms with Crippen LogP contribution in [0.1, 0.15) is 31.9 Å². The van der Waals surface area contributed by atoms with Crippen LogP contribution in [0.5, 0.6) is 0 Å². The van der Waals surface area contributed by atoms with E-state index in [0.29, 0.717) is 24.8 Å². The lowest BCUT2D eigenvalue weighted by Crippen LogP contribution is -2.47. The number of thiocarbonyl (C=S) groups is 1. The molecule has 0 saturated carbocycles. The standard InChI is InChI=1S/C25H35NO3SSi/c1-25(2,3)31(4,5)29-18-21-22(27-16-19-12-8-6-9-13-19)23(24(30)26-21)28-17-20-14-10-7-11-15-20/h6-15,21-23H,16-18H2,1-5H3,(H,26,30)/t21-,22+,23-/m0/s1. The van der Waals surface area contributed by atoms with Crippen molar-refractivity contribution < 1.29 is 13.9 Å². The molecule has 4 nitrogen and oxygen atoms in total. The first-order valence-electron chi connectivity index (χ1n) is 10.9. The van der Waals surface area contributed by atoms with Crippen LogP contribution in [0, 0.1) is 0 Å². The summed E-state index contributed by atoms with van der Waals surface area (Å²) in [5.41, 5.74) is 2.25. The Hall–Kier alpha value is -1.57. The second-order valence-corrected chi connectivity index (χ2v) is 14.9. The molecule has 0 unspecified atom stereocenters. The molecule has 1 aliphatic rings. The van der Waals surface area contributed by atoms with Crippen molar-refractivity contribution >= 4 is 25.5 Å². The predicted molar refractivity (Wildman–Crippen MR) is 133 cm³/mol. The summed E-state index contributed by atoms with van der Waals surface area (Å²) in [7, 11) is -1.88. The Bertz CT molecular complexity index is 839. The summed E-state index contributed by atoms with van der Waals surface area (Å²) in [6.45, 7) is 12.9. The molecule has 0 aromatic heterocycles. The van der Waals surface area contributed by atoms with E-state index in [1.165, 1.54) is 0 Å². The van der Waals surface area contributed by atoms with E-state index in [2.05, 4.69) is 63.4 Å². The van der Waals surface area contributed by atoms with Gasteiger partial charge in [-0.25, -0.2) is 0 Å². The second-order valence-electron chi connectivity index (χ2n) is 9.66. The molecule has 168 valence electrons. The van der Waals surface area contributed by atoms with Crippen molar-refractivity contribution in [3.63, 3.8) is 0 Å². The fourth-order valence-corrected chi connectivity index (χ4v) is 4.64. The normalized spacial score (nSPS) is 21.8. The topological polar surface area (TPSA) is 39.7 Å². The van der Waals surface area contributed by atoms with Crippen molar-refractivity contribution in [3.8, 4) is 0 Å². The van der Waals surface area contributed by atoms with Gasteiger partial charge in [0, 0.05) is 0 Å². The third-order valence-corrected chi connectivity index (χ3v) is 11.1. The highest BCUT2D eigenvalue weighted by Gasteiger charge is 2.44. The molecular weight excluding hydrogens is 422 g/mol. The van der Waals surface area contributed by atoms with Crippen molar-refractivity contribution in [1.29, 1.82) is 0 Å². The van der Waals surface area contributed by atoms with Crippen LogP contribution < -0.4 is 5.32 Å². The molecule has 0 radical (unpaired) electrons. The highest BCUT2D eigenvalue weighted by Crippen LogP contribution is 2.37. The summed E-state index contributed by atoms with van der Waals surface area (Å²) in [6, 6.07) is 20.3. The molecule has 1 heterocycles. The zero-order valence-corrected chi connectivity index (χ0v) is 21.1. The zero-order chi connectivity index (χ0) is 22.5. The van der Waals surface area contributed by atoms with E-state index < -0.39 is 8.32 Å². The molecule has 0 bridgehead atoms. The molecule has 2 aromatic carbocycles. The number of hydrogen-bond acceptors (Lipinski definition) is 4. The second kappa shape index (κ2) is 10.4. The maximum atomic E-state index is 6.50. The van der Waals surface area contributed by atoms with Crippen LogP contribution in [-0.2, 0) is 27.1 Å². The van der Waals surface area contributed by atoms with Crippen molar-refractivity contribution in [2.24, 2.45) is 0 Å². The Morgan fingerprint density at radius 1 is 0.871 bits per heavy atom. The number of nitrogens with one attached hydrogen (secondary N) is 1. The van der Waals surface area contributed by atoms with Crippen molar-refractivity contribution in [2.75, 3.05) is 6.61 Å². The molecule has 1 N–H and O–H groups in total. The number of hydrogen-bond donors (Lipinski definition) is 1. The molecule has 2 aromatic rings. The van der Waals surface area contributed by atoms with Crippen LogP contribution in [0.3, 0.4) is 0 Å². The van der Waals surface area contributed by atoms with Gasteiger partial charge in [-0.1, -0.05) is 93.7 Å². The first kappa shape index (κ1) is 24.1. The summed E-state index contributed by atoms with van der Waals surface area (Å²) >= 11 is 5.66. The van der Waals surface area contributed by atoms with Crippen LogP contribution in [0.4, 0.5) is 0 Å². The van der Waals surface area contributed by atoms with Gasteiger partial charge in [0.05, 0.1) is 25.9 Å². The SMILES string of the molecule is CC(C)(C)[Si](C)(C)OC[C@@H]1NC(=S)[C@@H](OCc2ccccc2)[C@@H]1OCc1ccccc1. The minimum Gasteiger partial charge on any atom is -0.415 e. The Morgan fingerprint density at radius 3 is 1.90 bits per heavy atom. The van der Waals surface area contributed by atoms with Gasteiger partial charge in [0.2, 0.25) is 0 Å². The van der Waals surface area contributed by atoms with Gasteiger partial charge in [-0.2, -0.15) is 0 Å². The maximum Gasteiger partial charge on any atom is 0.192 e. The minimum absolute atomic E-state index is 0.0360. The molecular formula is C25H35NO3SSi. The number of benzene rings is 2. The van der Waals surface area contributed by atoms with Crippen LogP contribution in [0.15, 0.2) is 60.7 Å². The Balaban J connectivity index is 1.70. The molecule has 1 fully saturated rings. The molecule has 0 aliphatic carbocycles. The quantitative estimate of drug-likeness (QED) is 0.399. The molecule has 3 rings (SSSR count). The monoisotopic (exact) mass is 457 g/mol. The highest BCUT2D eigenvalue weighted by molar-refractivity contribution is 7.80. The largest absolute Gasteiger partial charge is 0.415 e. The third-order valence-electron chi connectivity index (χ3n) is 6.27. The van der Waals surface area contributed by atoms with Gasteiger partial charge in [0.1, 0.15) is 17.2 Å². The molecule has 3 atom stereocenters. The van der Waals surface area contributed by atoms with Gasteiger partial charge >= 0.3 is 0 Å². The van der Waals surface area contributed by atoms with Gasteiger partial charge in [0.15, 0.2) is 8.32 Å². The first-order chi connectivity index (χ1) is 14.7. The highest BCUT2D eigenvalue weighted by atomic mass is 32.1. The van der Waals surface area contributed by atoms with E-state index in [-0.39, 0.29) is 23.3 Å². The molecule has 0 spiro atoms. The fourth-order valence-electron chi connectivity index (χ4n) is 3.26. The molecule has 31 heavy (non-hydrogen) atoms. The van der Waals surface area contributed by atoms with E-state index in [4.69, 9.17) is 26.1 Å². The van der Waals surface area contributed by atoms with E-state index in [9.17, 15) is 0 Å². The third kappa shape index (κ3) is 6.46. The van der Waals surface area contributed by atoms with Crippen LogP contribution in [0.25, 0.3) is 0 Å². The minimum atomic E-state index is -1.88. The smallest absolute Gasteiger partial charge is 0.192 e. The van der Waals surface area contributed by atoms with Crippen LogP contribution >= 0.6 is 12.2 Å². The maximum absolute atomic E-state index is 6.50. The summed E-state index contributed by atoms with van der Waals surface area (Å²) in [4.78, 5) is 0.692. The van der Waals surface area contributed by atoms with Gasteiger partial charge in [0.25, 0.3) is 0 Å². The lowest BCUT2D eigenvalue weighted by Gasteiger charge is -2.37. The zero-order valence-electron chi connectivity index (χ0n) is 19.3. The summed E-state index contributed by atoms with van der Waals surface area (Å²) < 4.78 is 19.1. The van der Waals surface area contributed by atoms with E-state index >= 15 is 0 Å². The van der Waals surface area contributed by atoms with Crippen molar-refractivity contribution in [3.05, 3.63) is 71.8 Å². The van der Waals surface area contributed by atoms with Crippen LogP contribution in [0.2, 0.25) is 18.1 Å². The lowest BCUT2D eigenvalue weighted by molar-refractivity contribution is -0.0610. The van der Waals surface area contributed by atoms with Gasteiger partial charge in [-0.15, -0.1) is 0 Å². The molecule has 1 saturated heterocycles. The number of ether oxygens (including phenoxy) is 2. The molecule has 6 heteroatoms. The number of rotatable bonds is 9. The molecule has 1 aliphatic heterocycles. The lowest BCUT2D eigenvalue weighted by atomic mass is 10.1. The van der Waals surface area contributed by atoms with E-state index in [0.717, 1.165) is 11.1 Å². The van der Waals surface area contributed by atoms with Gasteiger partial charge < -0.3 is 19.2 Å².